The van der Waals surface area contributed by atoms with Crippen LogP contribution in [0, 0.1) is 11.7 Å². The molecule has 1 aliphatic heterocycles. The Morgan fingerprint density at radius 2 is 1.96 bits per heavy atom. The molecule has 0 radical (unpaired) electrons. The first-order valence-corrected chi connectivity index (χ1v) is 8.72. The van der Waals surface area contributed by atoms with Gasteiger partial charge in [-0.2, -0.15) is 5.10 Å². The predicted octanol–water partition coefficient (Wildman–Crippen LogP) is 2.56. The number of nitrogens with zero attached hydrogens (tertiary/aromatic N) is 4. The maximum atomic E-state index is 13.2. The van der Waals surface area contributed by atoms with Crippen LogP contribution < -0.4 is 0 Å². The summed E-state index contributed by atoms with van der Waals surface area (Å²) >= 11 is 0. The zero-order chi connectivity index (χ0) is 17.8. The Morgan fingerprint density at radius 1 is 1.28 bits per heavy atom. The maximum absolute atomic E-state index is 13.2. The van der Waals surface area contributed by atoms with Crippen molar-refractivity contribution in [2.75, 3.05) is 27.2 Å². The summed E-state index contributed by atoms with van der Waals surface area (Å²) in [6, 6.07) is 7.78. The van der Waals surface area contributed by atoms with Gasteiger partial charge in [0.1, 0.15) is 11.9 Å². The van der Waals surface area contributed by atoms with Gasteiger partial charge in [-0.05, 0) is 56.6 Å². The zero-order valence-corrected chi connectivity index (χ0v) is 14.8. The van der Waals surface area contributed by atoms with Crippen molar-refractivity contribution in [3.05, 3.63) is 54.1 Å². The molecule has 3 rings (SSSR count). The minimum absolute atomic E-state index is 0.0918. The quantitative estimate of drug-likeness (QED) is 0.837. The molecule has 1 unspecified atom stereocenters. The van der Waals surface area contributed by atoms with Gasteiger partial charge in [0, 0.05) is 32.0 Å². The highest BCUT2D eigenvalue weighted by molar-refractivity contribution is 5.83. The van der Waals surface area contributed by atoms with Crippen LogP contribution in [0.3, 0.4) is 0 Å². The molecule has 0 spiro atoms. The average Bonchev–Trinajstić information content (AvgIpc) is 3.10. The Labute approximate surface area is 148 Å². The Kier molecular flexibility index (Phi) is 5.48. The molecule has 2 aromatic rings. The van der Waals surface area contributed by atoms with Crippen molar-refractivity contribution in [1.82, 2.24) is 19.6 Å². The van der Waals surface area contributed by atoms with Crippen molar-refractivity contribution in [2.45, 2.75) is 25.4 Å². The first-order chi connectivity index (χ1) is 12.0. The van der Waals surface area contributed by atoms with Gasteiger partial charge in [0.25, 0.3) is 0 Å². The monoisotopic (exact) mass is 344 g/mol. The van der Waals surface area contributed by atoms with Crippen LogP contribution in [0.2, 0.25) is 0 Å². The molecule has 134 valence electrons. The van der Waals surface area contributed by atoms with E-state index < -0.39 is 0 Å². The van der Waals surface area contributed by atoms with Gasteiger partial charge >= 0.3 is 0 Å². The van der Waals surface area contributed by atoms with Crippen molar-refractivity contribution in [3.8, 4) is 0 Å². The van der Waals surface area contributed by atoms with Crippen LogP contribution in [0.25, 0.3) is 0 Å². The van der Waals surface area contributed by atoms with E-state index in [0.717, 1.165) is 38.0 Å². The van der Waals surface area contributed by atoms with E-state index in [9.17, 15) is 9.18 Å². The molecule has 1 aliphatic rings. The number of hydrogen-bond donors (Lipinski definition) is 0. The lowest BCUT2D eigenvalue weighted by Crippen LogP contribution is -2.45. The molecule has 1 fully saturated rings. The van der Waals surface area contributed by atoms with Crippen LogP contribution in [-0.4, -0.2) is 52.7 Å². The number of carbonyl (C=O) groups excluding carboxylic acids is 1. The number of likely N-dealkylation sites (tertiary alicyclic amines) is 1. The van der Waals surface area contributed by atoms with E-state index in [0.29, 0.717) is 5.92 Å². The second kappa shape index (κ2) is 7.78. The molecule has 25 heavy (non-hydrogen) atoms. The molecule has 1 saturated heterocycles. The predicted molar refractivity (Wildman–Crippen MR) is 94.4 cm³/mol. The highest BCUT2D eigenvalue weighted by atomic mass is 19.1. The fraction of sp³-hybridized carbons (Fsp3) is 0.474. The third kappa shape index (κ3) is 4.25. The van der Waals surface area contributed by atoms with E-state index >= 15 is 0 Å². The molecular weight excluding hydrogens is 319 g/mol. The summed E-state index contributed by atoms with van der Waals surface area (Å²) in [5.41, 5.74) is 0.829. The second-order valence-corrected chi connectivity index (χ2v) is 6.91. The van der Waals surface area contributed by atoms with E-state index in [1.807, 2.05) is 40.8 Å². The summed E-state index contributed by atoms with van der Waals surface area (Å²) in [6.45, 7) is 2.43. The standard InChI is InChI=1S/C19H25FN4O/c1-22(2)18(16-4-6-17(20)7-5-16)19(25)23-12-8-15(9-13-23)14-24-11-3-10-21-24/h3-7,10-11,15,18H,8-9,12-14H2,1-2H3. The normalized spacial score (nSPS) is 17.0. The number of piperidine rings is 1. The first-order valence-electron chi connectivity index (χ1n) is 8.72. The Balaban J connectivity index is 1.62. The van der Waals surface area contributed by atoms with Gasteiger partial charge < -0.3 is 4.90 Å². The number of halogens is 1. The van der Waals surface area contributed by atoms with Crippen LogP contribution in [-0.2, 0) is 11.3 Å². The fourth-order valence-corrected chi connectivity index (χ4v) is 3.49. The van der Waals surface area contributed by atoms with Gasteiger partial charge in [-0.15, -0.1) is 0 Å². The molecule has 0 N–H and O–H groups in total. The molecule has 5 nitrogen and oxygen atoms in total. The van der Waals surface area contributed by atoms with Crippen molar-refractivity contribution < 1.29 is 9.18 Å². The number of likely N-dealkylation sites (N-methyl/N-ethyl adjacent to an activating group) is 1. The van der Waals surface area contributed by atoms with Crippen LogP contribution in [0.1, 0.15) is 24.4 Å². The number of rotatable bonds is 5. The number of amides is 1. The van der Waals surface area contributed by atoms with Gasteiger partial charge in [0.05, 0.1) is 0 Å². The largest absolute Gasteiger partial charge is 0.341 e. The zero-order valence-electron chi connectivity index (χ0n) is 14.8. The summed E-state index contributed by atoms with van der Waals surface area (Å²) in [5.74, 6) is 0.356. The van der Waals surface area contributed by atoms with Crippen molar-refractivity contribution >= 4 is 5.91 Å². The molecule has 1 aromatic carbocycles. The minimum Gasteiger partial charge on any atom is -0.341 e. The minimum atomic E-state index is -0.372. The lowest BCUT2D eigenvalue weighted by Gasteiger charge is -2.36. The molecule has 0 saturated carbocycles. The molecule has 2 heterocycles. The van der Waals surface area contributed by atoms with Crippen molar-refractivity contribution in [3.63, 3.8) is 0 Å². The van der Waals surface area contributed by atoms with E-state index in [4.69, 9.17) is 0 Å². The van der Waals surface area contributed by atoms with Gasteiger partial charge in [0.15, 0.2) is 0 Å². The Morgan fingerprint density at radius 3 is 2.52 bits per heavy atom. The lowest BCUT2D eigenvalue weighted by molar-refractivity contribution is -0.137. The van der Waals surface area contributed by atoms with E-state index in [1.54, 1.807) is 18.3 Å². The second-order valence-electron chi connectivity index (χ2n) is 6.91. The molecule has 6 heteroatoms. The molecule has 1 amide bonds. The molecular formula is C19H25FN4O. The summed E-state index contributed by atoms with van der Waals surface area (Å²) in [4.78, 5) is 16.9. The number of benzene rings is 1. The van der Waals surface area contributed by atoms with Crippen molar-refractivity contribution in [2.24, 2.45) is 5.92 Å². The number of aromatic nitrogens is 2. The highest BCUT2D eigenvalue weighted by Gasteiger charge is 2.30. The summed E-state index contributed by atoms with van der Waals surface area (Å²) in [7, 11) is 3.77. The molecule has 1 atom stereocenters. The third-order valence-electron chi connectivity index (χ3n) is 4.87. The van der Waals surface area contributed by atoms with E-state index in [-0.39, 0.29) is 17.8 Å². The van der Waals surface area contributed by atoms with Crippen LogP contribution >= 0.6 is 0 Å². The highest BCUT2D eigenvalue weighted by Crippen LogP contribution is 2.25. The van der Waals surface area contributed by atoms with E-state index in [2.05, 4.69) is 5.10 Å². The molecule has 1 aromatic heterocycles. The Hall–Kier alpha value is -2.21. The smallest absolute Gasteiger partial charge is 0.244 e. The Bertz CT molecular complexity index is 676. The SMILES string of the molecule is CN(C)C(C(=O)N1CCC(Cn2cccn2)CC1)c1ccc(F)cc1. The maximum Gasteiger partial charge on any atom is 0.244 e. The number of hydrogen-bond acceptors (Lipinski definition) is 3. The summed E-state index contributed by atoms with van der Waals surface area (Å²) in [6.07, 6.45) is 5.74. The van der Waals surface area contributed by atoms with E-state index in [1.165, 1.54) is 12.1 Å². The topological polar surface area (TPSA) is 41.4 Å². The van der Waals surface area contributed by atoms with Gasteiger partial charge in [-0.25, -0.2) is 4.39 Å². The molecule has 0 aliphatic carbocycles. The van der Waals surface area contributed by atoms with Crippen LogP contribution in [0.5, 0.6) is 0 Å². The van der Waals surface area contributed by atoms with Gasteiger partial charge in [0.2, 0.25) is 5.91 Å². The first kappa shape index (κ1) is 17.6. The van der Waals surface area contributed by atoms with Crippen LogP contribution in [0.15, 0.2) is 42.7 Å². The molecule has 0 bridgehead atoms. The van der Waals surface area contributed by atoms with Crippen molar-refractivity contribution in [1.29, 1.82) is 0 Å². The average molecular weight is 344 g/mol. The van der Waals surface area contributed by atoms with Gasteiger partial charge in [-0.1, -0.05) is 12.1 Å². The fourth-order valence-electron chi connectivity index (χ4n) is 3.49. The summed E-state index contributed by atoms with van der Waals surface area (Å²) < 4.78 is 15.2. The third-order valence-corrected chi connectivity index (χ3v) is 4.87. The van der Waals surface area contributed by atoms with Crippen LogP contribution in [0.4, 0.5) is 4.39 Å². The lowest BCUT2D eigenvalue weighted by atomic mass is 9.95. The summed E-state index contributed by atoms with van der Waals surface area (Å²) in [5, 5.41) is 4.26. The van der Waals surface area contributed by atoms with Gasteiger partial charge in [-0.3, -0.25) is 14.4 Å². The number of carbonyl (C=O) groups is 1.